The highest BCUT2D eigenvalue weighted by Gasteiger charge is 2.34. The van der Waals surface area contributed by atoms with Crippen LogP contribution in [0.5, 0.6) is 0 Å². The third-order valence-electron chi connectivity index (χ3n) is 7.83. The number of fused-ring (bicyclic) bond motifs is 1. The van der Waals surface area contributed by atoms with Crippen LogP contribution in [0, 0.1) is 11.8 Å². The van der Waals surface area contributed by atoms with E-state index in [0.29, 0.717) is 18.3 Å². The van der Waals surface area contributed by atoms with E-state index in [2.05, 4.69) is 16.3 Å². The molecule has 0 saturated carbocycles. The summed E-state index contributed by atoms with van der Waals surface area (Å²) < 4.78 is 7.97. The Labute approximate surface area is 203 Å². The first-order chi connectivity index (χ1) is 16.9. The molecular weight excluding hydrogens is 450 g/mol. The first-order valence-electron chi connectivity index (χ1n) is 12.4. The van der Waals surface area contributed by atoms with Crippen LogP contribution < -0.4 is 11.0 Å². The second kappa shape index (κ2) is 9.49. The molecule has 1 aromatic carbocycles. The van der Waals surface area contributed by atoms with Gasteiger partial charge in [-0.2, -0.15) is 0 Å². The first kappa shape index (κ1) is 23.6. The fourth-order valence-corrected chi connectivity index (χ4v) is 5.93. The number of carbonyl (C=O) groups is 3. The number of aromatic nitrogens is 2. The molecule has 10 heteroatoms. The Morgan fingerprint density at radius 1 is 1.09 bits per heavy atom. The van der Waals surface area contributed by atoms with E-state index < -0.39 is 11.9 Å². The van der Waals surface area contributed by atoms with Gasteiger partial charge in [0.1, 0.15) is 6.04 Å². The molecule has 10 nitrogen and oxygen atoms in total. The van der Waals surface area contributed by atoms with Gasteiger partial charge in [0.25, 0.3) is 0 Å². The second-order valence-electron chi connectivity index (χ2n) is 10.2. The number of hydrogen-bond acceptors (Lipinski definition) is 6. The molecular formula is C25H33N5O5. The van der Waals surface area contributed by atoms with E-state index in [4.69, 9.17) is 4.74 Å². The molecule has 4 heterocycles. The van der Waals surface area contributed by atoms with Crippen LogP contribution in [0.25, 0.3) is 11.0 Å². The molecule has 3 saturated heterocycles. The summed E-state index contributed by atoms with van der Waals surface area (Å²) in [6.07, 6.45) is 3.40. The summed E-state index contributed by atoms with van der Waals surface area (Å²) in [5, 5.41) is 2.37. The van der Waals surface area contributed by atoms with Crippen molar-refractivity contribution in [1.82, 2.24) is 24.3 Å². The van der Waals surface area contributed by atoms with Gasteiger partial charge in [-0.05, 0) is 56.3 Å². The number of carbonyl (C=O) groups excluding carboxylic acids is 3. The van der Waals surface area contributed by atoms with E-state index >= 15 is 0 Å². The molecule has 188 valence electrons. The third-order valence-corrected chi connectivity index (χ3v) is 7.83. The molecule has 0 bridgehead atoms. The number of imide groups is 1. The zero-order valence-corrected chi connectivity index (χ0v) is 20.4. The van der Waals surface area contributed by atoms with Gasteiger partial charge in [-0.25, -0.2) is 9.59 Å². The van der Waals surface area contributed by atoms with Gasteiger partial charge in [0.2, 0.25) is 11.8 Å². The summed E-state index contributed by atoms with van der Waals surface area (Å²) in [5.41, 5.74) is 2.53. The highest BCUT2D eigenvalue weighted by Crippen LogP contribution is 2.29. The maximum atomic E-state index is 13.1. The number of ether oxygens (including phenoxy) is 1. The van der Waals surface area contributed by atoms with Crippen LogP contribution in [-0.2, 0) is 27.8 Å². The van der Waals surface area contributed by atoms with Crippen LogP contribution in [0.1, 0.15) is 37.3 Å². The van der Waals surface area contributed by atoms with Gasteiger partial charge in [0.15, 0.2) is 0 Å². The average Bonchev–Trinajstić information content (AvgIpc) is 3.07. The quantitative estimate of drug-likeness (QED) is 0.642. The molecule has 3 amide bonds. The summed E-state index contributed by atoms with van der Waals surface area (Å²) in [6.45, 7) is 4.62. The molecule has 2 aromatic rings. The molecule has 3 fully saturated rings. The Kier molecular flexibility index (Phi) is 6.39. The lowest BCUT2D eigenvalue weighted by molar-refractivity contribution is -0.135. The number of amides is 3. The van der Waals surface area contributed by atoms with Crippen molar-refractivity contribution in [3.8, 4) is 0 Å². The largest absolute Gasteiger partial charge is 0.453 e. The molecule has 1 aromatic heterocycles. The zero-order valence-electron chi connectivity index (χ0n) is 20.4. The van der Waals surface area contributed by atoms with Crippen molar-refractivity contribution >= 4 is 28.9 Å². The lowest BCUT2D eigenvalue weighted by atomic mass is 9.88. The van der Waals surface area contributed by atoms with Crippen LogP contribution in [0.2, 0.25) is 0 Å². The molecule has 3 aliphatic rings. The lowest BCUT2D eigenvalue weighted by Crippen LogP contribution is -2.54. The number of rotatable bonds is 5. The number of para-hydroxylation sites is 1. The predicted molar refractivity (Wildman–Crippen MR) is 129 cm³/mol. The number of nitrogens with one attached hydrogen (secondary N) is 1. The topological polar surface area (TPSA) is 106 Å². The monoisotopic (exact) mass is 483 g/mol. The lowest BCUT2D eigenvalue weighted by Gasteiger charge is -2.42. The molecule has 5 rings (SSSR count). The molecule has 0 radical (unpaired) electrons. The second-order valence-corrected chi connectivity index (χ2v) is 10.2. The van der Waals surface area contributed by atoms with E-state index in [1.807, 2.05) is 12.1 Å². The van der Waals surface area contributed by atoms with Crippen molar-refractivity contribution in [1.29, 1.82) is 0 Å². The van der Waals surface area contributed by atoms with Crippen LogP contribution in [0.15, 0.2) is 23.0 Å². The Bertz CT molecular complexity index is 1200. The minimum atomic E-state index is -0.663. The SMILES string of the molecule is COC(=O)N1CC(CN2CCC(Cc3cccc4c3n(C)c(=O)n4C3CCC(=O)NC3=O)CC2)C1. The number of imidazole rings is 1. The van der Waals surface area contributed by atoms with Crippen molar-refractivity contribution in [2.45, 2.75) is 38.1 Å². The Morgan fingerprint density at radius 3 is 2.51 bits per heavy atom. The van der Waals surface area contributed by atoms with E-state index in [-0.39, 0.29) is 24.1 Å². The predicted octanol–water partition coefficient (Wildman–Crippen LogP) is 1.27. The van der Waals surface area contributed by atoms with Crippen molar-refractivity contribution in [2.24, 2.45) is 18.9 Å². The van der Waals surface area contributed by atoms with Gasteiger partial charge in [0, 0.05) is 39.0 Å². The molecule has 0 aliphatic carbocycles. The molecule has 1 atom stereocenters. The van der Waals surface area contributed by atoms with Crippen molar-refractivity contribution < 1.29 is 19.1 Å². The van der Waals surface area contributed by atoms with Crippen LogP contribution >= 0.6 is 0 Å². The van der Waals surface area contributed by atoms with Crippen molar-refractivity contribution in [3.05, 3.63) is 34.2 Å². The number of benzene rings is 1. The summed E-state index contributed by atoms with van der Waals surface area (Å²) in [7, 11) is 3.18. The van der Waals surface area contributed by atoms with Gasteiger partial charge in [-0.15, -0.1) is 0 Å². The van der Waals surface area contributed by atoms with E-state index in [9.17, 15) is 19.2 Å². The van der Waals surface area contributed by atoms with Gasteiger partial charge in [-0.3, -0.25) is 24.0 Å². The van der Waals surface area contributed by atoms with Gasteiger partial charge >= 0.3 is 11.8 Å². The Morgan fingerprint density at radius 2 is 1.83 bits per heavy atom. The summed E-state index contributed by atoms with van der Waals surface area (Å²) in [4.78, 5) is 53.0. The van der Waals surface area contributed by atoms with Crippen LogP contribution in [0.4, 0.5) is 4.79 Å². The fraction of sp³-hybridized carbons (Fsp3) is 0.600. The number of piperidine rings is 2. The minimum absolute atomic E-state index is 0.224. The number of aryl methyl sites for hydroxylation is 1. The smallest absolute Gasteiger partial charge is 0.409 e. The van der Waals surface area contributed by atoms with E-state index in [1.165, 1.54) is 7.11 Å². The van der Waals surface area contributed by atoms with Crippen LogP contribution in [0.3, 0.4) is 0 Å². The highest BCUT2D eigenvalue weighted by molar-refractivity contribution is 6.00. The average molecular weight is 484 g/mol. The van der Waals surface area contributed by atoms with Gasteiger partial charge in [0.05, 0.1) is 18.1 Å². The molecule has 35 heavy (non-hydrogen) atoms. The number of nitrogens with zero attached hydrogens (tertiary/aromatic N) is 4. The molecule has 3 aliphatic heterocycles. The molecule has 1 N–H and O–H groups in total. The van der Waals surface area contributed by atoms with Crippen LogP contribution in [-0.4, -0.2) is 76.7 Å². The van der Waals surface area contributed by atoms with E-state index in [1.54, 1.807) is 21.1 Å². The zero-order chi connectivity index (χ0) is 24.7. The summed E-state index contributed by atoms with van der Waals surface area (Å²) in [5.74, 6) is 0.347. The minimum Gasteiger partial charge on any atom is -0.453 e. The third kappa shape index (κ3) is 4.47. The molecule has 1 unspecified atom stereocenters. The maximum absolute atomic E-state index is 13.1. The fourth-order valence-electron chi connectivity index (χ4n) is 5.93. The maximum Gasteiger partial charge on any atom is 0.409 e. The number of methoxy groups -OCH3 is 1. The molecule has 0 spiro atoms. The first-order valence-corrected chi connectivity index (χ1v) is 12.4. The highest BCUT2D eigenvalue weighted by atomic mass is 16.5. The Balaban J connectivity index is 1.25. The normalized spacial score (nSPS) is 22.3. The summed E-state index contributed by atoms with van der Waals surface area (Å²) in [6, 6.07) is 5.27. The number of likely N-dealkylation sites (tertiary alicyclic amines) is 2. The van der Waals surface area contributed by atoms with Crippen molar-refractivity contribution in [2.75, 3.05) is 39.8 Å². The van der Waals surface area contributed by atoms with Gasteiger partial charge < -0.3 is 14.5 Å². The standard InChI is InChI=1S/C25H33N5O5/c1-27-22-18(4-3-5-19(22)30(24(27)33)20-6-7-21(31)26-23(20)32)12-16-8-10-28(11-9-16)13-17-14-29(15-17)25(34)35-2/h3-5,16-17,20H,6-15H2,1-2H3,(H,26,31,32). The van der Waals surface area contributed by atoms with E-state index in [0.717, 1.165) is 68.6 Å². The van der Waals surface area contributed by atoms with Gasteiger partial charge in [-0.1, -0.05) is 12.1 Å². The summed E-state index contributed by atoms with van der Waals surface area (Å²) >= 11 is 0. The number of hydrogen-bond donors (Lipinski definition) is 1. The van der Waals surface area contributed by atoms with Crippen molar-refractivity contribution in [3.63, 3.8) is 0 Å². The Hall–Kier alpha value is -3.14.